The fourth-order valence-corrected chi connectivity index (χ4v) is 3.23. The molecular weight excluding hydrogens is 248 g/mol. The highest BCUT2D eigenvalue weighted by Gasteiger charge is 2.20. The Labute approximate surface area is 98.4 Å². The number of nitrogens with zero attached hydrogens (tertiary/aromatic N) is 3. The number of aromatic nitrogens is 3. The molecule has 2 heterocycles. The summed E-state index contributed by atoms with van der Waals surface area (Å²) in [5, 5.41) is 7.48. The molecule has 84 valence electrons. The molecular formula is C8H8N4O2S2. The van der Waals surface area contributed by atoms with Gasteiger partial charge in [0, 0.05) is 7.05 Å². The maximum absolute atomic E-state index is 11.7. The summed E-state index contributed by atoms with van der Waals surface area (Å²) in [6, 6.07) is 0. The summed E-state index contributed by atoms with van der Waals surface area (Å²) in [4.78, 5) is 23.0. The van der Waals surface area contributed by atoms with Crippen molar-refractivity contribution < 1.29 is 4.79 Å². The van der Waals surface area contributed by atoms with Crippen molar-refractivity contribution in [3.63, 3.8) is 0 Å². The van der Waals surface area contributed by atoms with Gasteiger partial charge in [0.05, 0.1) is 9.77 Å². The van der Waals surface area contributed by atoms with Crippen LogP contribution >= 0.6 is 23.1 Å². The number of amides is 1. The van der Waals surface area contributed by atoms with E-state index < -0.39 is 5.91 Å². The third-order valence-corrected chi connectivity index (χ3v) is 4.34. The van der Waals surface area contributed by atoms with Crippen LogP contribution in [0.3, 0.4) is 0 Å². The summed E-state index contributed by atoms with van der Waals surface area (Å²) in [5.74, 6) is -0.585. The van der Waals surface area contributed by atoms with Crippen molar-refractivity contribution in [3.8, 4) is 0 Å². The second kappa shape index (κ2) is 3.87. The van der Waals surface area contributed by atoms with E-state index in [0.717, 1.165) is 4.68 Å². The molecule has 0 aliphatic carbocycles. The molecule has 0 atom stereocenters. The van der Waals surface area contributed by atoms with Crippen LogP contribution in [0.2, 0.25) is 0 Å². The largest absolute Gasteiger partial charge is 0.365 e. The summed E-state index contributed by atoms with van der Waals surface area (Å²) in [6.07, 6.45) is 1.81. The van der Waals surface area contributed by atoms with Gasteiger partial charge in [0.2, 0.25) is 0 Å². The molecule has 0 bridgehead atoms. The van der Waals surface area contributed by atoms with Crippen LogP contribution in [0.4, 0.5) is 0 Å². The minimum atomic E-state index is -0.585. The SMILES string of the molecule is CSc1sc2c(=O)n(C)nnc2c1C(N)=O. The highest BCUT2D eigenvalue weighted by atomic mass is 32.2. The van der Waals surface area contributed by atoms with Gasteiger partial charge in [-0.1, -0.05) is 5.21 Å². The van der Waals surface area contributed by atoms with Gasteiger partial charge in [-0.25, -0.2) is 4.68 Å². The first-order valence-corrected chi connectivity index (χ1v) is 6.30. The predicted octanol–water partition coefficient (Wildman–Crippen LogP) is 0.211. The van der Waals surface area contributed by atoms with Crippen molar-refractivity contribution in [2.45, 2.75) is 4.21 Å². The molecule has 2 aromatic heterocycles. The van der Waals surface area contributed by atoms with E-state index in [1.54, 1.807) is 0 Å². The second-order valence-corrected chi connectivity index (χ2v) is 5.12. The number of aryl methyl sites for hydroxylation is 1. The standard InChI is InChI=1S/C8H8N4O2S2/c1-12-7(14)5-4(10-11-12)3(6(9)13)8(15-2)16-5/h1-2H3,(H2,9,13). The third kappa shape index (κ3) is 1.50. The van der Waals surface area contributed by atoms with Crippen LogP contribution in [-0.2, 0) is 7.05 Å². The van der Waals surface area contributed by atoms with Crippen LogP contribution in [0.5, 0.6) is 0 Å². The van der Waals surface area contributed by atoms with Gasteiger partial charge in [0.1, 0.15) is 10.2 Å². The zero-order valence-electron chi connectivity index (χ0n) is 8.55. The molecule has 0 aromatic carbocycles. The number of rotatable bonds is 2. The molecule has 0 aliphatic rings. The highest BCUT2D eigenvalue weighted by molar-refractivity contribution is 8.00. The Morgan fingerprint density at radius 2 is 2.25 bits per heavy atom. The molecule has 0 saturated carbocycles. The summed E-state index contributed by atoms with van der Waals surface area (Å²) in [5.41, 5.74) is 5.59. The fraction of sp³-hybridized carbons (Fsp3) is 0.250. The number of hydrogen-bond donors (Lipinski definition) is 1. The van der Waals surface area contributed by atoms with Crippen LogP contribution in [-0.4, -0.2) is 27.2 Å². The number of thioether (sulfide) groups is 1. The van der Waals surface area contributed by atoms with Gasteiger partial charge in [-0.15, -0.1) is 28.2 Å². The van der Waals surface area contributed by atoms with E-state index in [1.165, 1.54) is 30.1 Å². The highest BCUT2D eigenvalue weighted by Crippen LogP contribution is 2.33. The predicted molar refractivity (Wildman–Crippen MR) is 63.0 cm³/mol. The molecule has 2 aromatic rings. The molecule has 2 rings (SSSR count). The van der Waals surface area contributed by atoms with Crippen LogP contribution in [0, 0.1) is 0 Å². The zero-order chi connectivity index (χ0) is 11.9. The molecule has 0 aliphatic heterocycles. The number of fused-ring (bicyclic) bond motifs is 1. The smallest absolute Gasteiger partial charge is 0.287 e. The molecule has 0 unspecified atom stereocenters. The number of carbonyl (C=O) groups excluding carboxylic acids is 1. The molecule has 0 fully saturated rings. The van der Waals surface area contributed by atoms with E-state index in [0.29, 0.717) is 14.4 Å². The van der Waals surface area contributed by atoms with E-state index in [1.807, 2.05) is 6.26 Å². The van der Waals surface area contributed by atoms with Crippen LogP contribution in [0.25, 0.3) is 10.2 Å². The minimum absolute atomic E-state index is 0.266. The Morgan fingerprint density at radius 1 is 1.56 bits per heavy atom. The topological polar surface area (TPSA) is 90.9 Å². The van der Waals surface area contributed by atoms with Gasteiger partial charge in [0.15, 0.2) is 0 Å². The Morgan fingerprint density at radius 3 is 2.81 bits per heavy atom. The summed E-state index contributed by atoms with van der Waals surface area (Å²) in [7, 11) is 1.51. The number of nitrogens with two attached hydrogens (primary N) is 1. The Balaban J connectivity index is 2.94. The Kier molecular flexibility index (Phi) is 2.68. The Hall–Kier alpha value is -1.41. The lowest BCUT2D eigenvalue weighted by Gasteiger charge is -1.95. The van der Waals surface area contributed by atoms with Gasteiger partial charge in [0.25, 0.3) is 11.5 Å². The zero-order valence-corrected chi connectivity index (χ0v) is 10.2. The van der Waals surface area contributed by atoms with E-state index in [2.05, 4.69) is 10.3 Å². The van der Waals surface area contributed by atoms with Crippen molar-refractivity contribution in [2.75, 3.05) is 6.26 Å². The second-order valence-electron chi connectivity index (χ2n) is 3.03. The van der Waals surface area contributed by atoms with Crippen molar-refractivity contribution in [2.24, 2.45) is 12.8 Å². The molecule has 0 spiro atoms. The van der Waals surface area contributed by atoms with Crippen molar-refractivity contribution >= 4 is 39.2 Å². The molecule has 6 nitrogen and oxygen atoms in total. The molecule has 0 radical (unpaired) electrons. The average Bonchev–Trinajstić information content (AvgIpc) is 2.62. The summed E-state index contributed by atoms with van der Waals surface area (Å²) in [6.45, 7) is 0. The van der Waals surface area contributed by atoms with E-state index in [-0.39, 0.29) is 11.1 Å². The molecule has 16 heavy (non-hydrogen) atoms. The monoisotopic (exact) mass is 256 g/mol. The molecule has 2 N–H and O–H groups in total. The van der Waals surface area contributed by atoms with Crippen molar-refractivity contribution in [1.29, 1.82) is 0 Å². The van der Waals surface area contributed by atoms with E-state index in [4.69, 9.17) is 5.73 Å². The lowest BCUT2D eigenvalue weighted by Crippen LogP contribution is -2.20. The van der Waals surface area contributed by atoms with Crippen LogP contribution in [0.15, 0.2) is 9.00 Å². The maximum Gasteiger partial charge on any atom is 0.287 e. The number of hydrogen-bond acceptors (Lipinski definition) is 6. The van der Waals surface area contributed by atoms with Crippen molar-refractivity contribution in [3.05, 3.63) is 15.9 Å². The molecule has 0 saturated heterocycles. The third-order valence-electron chi connectivity index (χ3n) is 2.05. The average molecular weight is 256 g/mol. The summed E-state index contributed by atoms with van der Waals surface area (Å²) < 4.78 is 2.24. The van der Waals surface area contributed by atoms with Gasteiger partial charge in [-0.2, -0.15) is 0 Å². The Bertz CT molecular complexity index is 631. The van der Waals surface area contributed by atoms with Gasteiger partial charge in [-0.05, 0) is 6.26 Å². The van der Waals surface area contributed by atoms with Crippen LogP contribution < -0.4 is 11.3 Å². The number of carbonyl (C=O) groups is 1. The van der Waals surface area contributed by atoms with E-state index in [9.17, 15) is 9.59 Å². The van der Waals surface area contributed by atoms with Gasteiger partial charge < -0.3 is 5.73 Å². The minimum Gasteiger partial charge on any atom is -0.365 e. The first-order chi connectivity index (χ1) is 7.56. The quantitative estimate of drug-likeness (QED) is 0.776. The maximum atomic E-state index is 11.7. The number of primary amides is 1. The lowest BCUT2D eigenvalue weighted by molar-refractivity contribution is 0.0999. The number of thiophene rings is 1. The fourth-order valence-electron chi connectivity index (χ4n) is 1.30. The van der Waals surface area contributed by atoms with Crippen LogP contribution in [0.1, 0.15) is 10.4 Å². The van der Waals surface area contributed by atoms with E-state index >= 15 is 0 Å². The molecule has 1 amide bonds. The first-order valence-electron chi connectivity index (χ1n) is 4.26. The van der Waals surface area contributed by atoms with Gasteiger partial charge >= 0.3 is 0 Å². The van der Waals surface area contributed by atoms with Gasteiger partial charge in [-0.3, -0.25) is 9.59 Å². The molecule has 8 heteroatoms. The first kappa shape index (κ1) is 11.1. The normalized spacial score (nSPS) is 10.9. The lowest BCUT2D eigenvalue weighted by atomic mass is 10.3. The summed E-state index contributed by atoms with van der Waals surface area (Å²) >= 11 is 2.59. The van der Waals surface area contributed by atoms with Crippen molar-refractivity contribution in [1.82, 2.24) is 15.0 Å².